The number of amides is 1. The zero-order chi connectivity index (χ0) is 22.7. The van der Waals surface area contributed by atoms with Crippen LogP contribution in [-0.4, -0.2) is 27.6 Å². The van der Waals surface area contributed by atoms with Crippen LogP contribution in [0.4, 0.5) is 10.8 Å². The second kappa shape index (κ2) is 7.66. The molecule has 4 aliphatic carbocycles. The van der Waals surface area contributed by atoms with Crippen molar-refractivity contribution in [3.05, 3.63) is 40.4 Å². The monoisotopic (exact) mass is 454 g/mol. The maximum atomic E-state index is 13.1. The standard InChI is InChI=1S/C25H30N2O4S/c1-15-4-5-21(6-16(15)2)27(17(3)28)23-26-20(13-32-23)12-31-22(29)24-8-18-7-19(9-24)11-25(30,10-18)14-24/h4-6,13,18-19,30H,7-12,14H2,1-3H3/t18-,19-,24?,25?/m1/s1. The Kier molecular flexibility index (Phi) is 5.17. The summed E-state index contributed by atoms with van der Waals surface area (Å²) in [7, 11) is 0. The lowest BCUT2D eigenvalue weighted by Crippen LogP contribution is -2.58. The van der Waals surface area contributed by atoms with Gasteiger partial charge in [-0.2, -0.15) is 0 Å². The number of anilines is 2. The third kappa shape index (κ3) is 3.75. The minimum atomic E-state index is -0.689. The lowest BCUT2D eigenvalue weighted by molar-refractivity contribution is -0.197. The number of hydrogen-bond donors (Lipinski definition) is 1. The number of thiazole rings is 1. The van der Waals surface area contributed by atoms with E-state index in [1.165, 1.54) is 23.8 Å². The predicted molar refractivity (Wildman–Crippen MR) is 123 cm³/mol. The van der Waals surface area contributed by atoms with Gasteiger partial charge in [-0.05, 0) is 87.5 Å². The van der Waals surface area contributed by atoms with Crippen molar-refractivity contribution in [2.75, 3.05) is 4.90 Å². The quantitative estimate of drug-likeness (QED) is 0.655. The van der Waals surface area contributed by atoms with Gasteiger partial charge < -0.3 is 9.84 Å². The smallest absolute Gasteiger partial charge is 0.312 e. The molecular formula is C25H30N2O4S. The summed E-state index contributed by atoms with van der Waals surface area (Å²) in [5.41, 5.74) is 2.46. The zero-order valence-electron chi connectivity index (χ0n) is 18.9. The number of esters is 1. The summed E-state index contributed by atoms with van der Waals surface area (Å²) in [4.78, 5) is 31.7. The highest BCUT2D eigenvalue weighted by Gasteiger charge is 2.60. The molecule has 0 saturated heterocycles. The molecule has 4 bridgehead atoms. The van der Waals surface area contributed by atoms with E-state index in [-0.39, 0.29) is 18.5 Å². The molecule has 7 heteroatoms. The number of ether oxygens (including phenoxy) is 1. The Bertz CT molecular complexity index is 1060. The van der Waals surface area contributed by atoms with E-state index in [4.69, 9.17) is 4.74 Å². The van der Waals surface area contributed by atoms with Gasteiger partial charge in [0.05, 0.1) is 22.4 Å². The van der Waals surface area contributed by atoms with Crippen molar-refractivity contribution in [2.24, 2.45) is 17.3 Å². The molecule has 1 heterocycles. The van der Waals surface area contributed by atoms with Gasteiger partial charge in [0.1, 0.15) is 6.61 Å². The number of aryl methyl sites for hydroxylation is 2. The summed E-state index contributed by atoms with van der Waals surface area (Å²) < 4.78 is 5.74. The van der Waals surface area contributed by atoms with E-state index in [2.05, 4.69) is 4.98 Å². The SMILES string of the molecule is CC(=O)N(c1ccc(C)c(C)c1)c1nc(COC(=O)C23C[C@H]4C[C@@H](CC(O)(C4)C2)C3)cs1. The second-order valence-electron chi connectivity index (χ2n) is 10.3. The molecule has 1 aromatic heterocycles. The van der Waals surface area contributed by atoms with Gasteiger partial charge in [0.25, 0.3) is 0 Å². The average molecular weight is 455 g/mol. The molecule has 1 amide bonds. The first-order valence-corrected chi connectivity index (χ1v) is 12.3. The molecule has 0 spiro atoms. The molecule has 4 saturated carbocycles. The van der Waals surface area contributed by atoms with Crippen molar-refractivity contribution in [2.45, 2.75) is 71.5 Å². The predicted octanol–water partition coefficient (Wildman–Crippen LogP) is 4.82. The van der Waals surface area contributed by atoms with E-state index in [0.29, 0.717) is 29.1 Å². The van der Waals surface area contributed by atoms with E-state index in [0.717, 1.165) is 43.4 Å². The Morgan fingerprint density at radius 3 is 2.53 bits per heavy atom. The van der Waals surface area contributed by atoms with Crippen LogP contribution in [0.25, 0.3) is 0 Å². The van der Waals surface area contributed by atoms with E-state index in [9.17, 15) is 14.7 Å². The number of nitrogens with zero attached hydrogens (tertiary/aromatic N) is 2. The second-order valence-corrected chi connectivity index (χ2v) is 11.1. The van der Waals surface area contributed by atoms with Gasteiger partial charge >= 0.3 is 5.97 Å². The number of rotatable bonds is 5. The maximum absolute atomic E-state index is 13.1. The van der Waals surface area contributed by atoms with Gasteiger partial charge in [-0.1, -0.05) is 6.07 Å². The first kappa shape index (κ1) is 21.6. The highest BCUT2D eigenvalue weighted by molar-refractivity contribution is 7.14. The largest absolute Gasteiger partial charge is 0.459 e. The van der Waals surface area contributed by atoms with E-state index < -0.39 is 11.0 Å². The van der Waals surface area contributed by atoms with Crippen LogP contribution in [0.2, 0.25) is 0 Å². The average Bonchev–Trinajstić information content (AvgIpc) is 3.15. The molecule has 0 aliphatic heterocycles. The van der Waals surface area contributed by atoms with Gasteiger partial charge in [-0.15, -0.1) is 11.3 Å². The summed E-state index contributed by atoms with van der Waals surface area (Å²) in [5.74, 6) is 0.550. The molecule has 6 nitrogen and oxygen atoms in total. The molecule has 4 fully saturated rings. The molecule has 1 aromatic carbocycles. The van der Waals surface area contributed by atoms with E-state index in [1.54, 1.807) is 4.90 Å². The van der Waals surface area contributed by atoms with Gasteiger partial charge in [0.15, 0.2) is 5.13 Å². The van der Waals surface area contributed by atoms with Gasteiger partial charge in [-0.3, -0.25) is 14.5 Å². The number of aromatic nitrogens is 1. The fourth-order valence-electron chi connectivity index (χ4n) is 6.50. The molecule has 170 valence electrons. The number of benzene rings is 1. The van der Waals surface area contributed by atoms with E-state index in [1.807, 2.05) is 37.4 Å². The molecule has 0 radical (unpaired) electrons. The third-order valence-corrected chi connectivity index (χ3v) is 8.48. The van der Waals surface area contributed by atoms with Gasteiger partial charge in [0, 0.05) is 12.3 Å². The molecule has 0 unspecified atom stereocenters. The molecule has 4 aliphatic rings. The lowest BCUT2D eigenvalue weighted by atomic mass is 9.48. The molecule has 2 atom stereocenters. The Labute approximate surface area is 192 Å². The minimum absolute atomic E-state index is 0.0868. The molecule has 1 N–H and O–H groups in total. The van der Waals surface area contributed by atoms with Crippen LogP contribution in [0.3, 0.4) is 0 Å². The van der Waals surface area contributed by atoms with Crippen molar-refractivity contribution in [1.82, 2.24) is 4.98 Å². The summed E-state index contributed by atoms with van der Waals surface area (Å²) >= 11 is 1.36. The van der Waals surface area contributed by atoms with Crippen LogP contribution in [0.15, 0.2) is 23.6 Å². The zero-order valence-corrected chi connectivity index (χ0v) is 19.7. The summed E-state index contributed by atoms with van der Waals surface area (Å²) in [5, 5.41) is 13.3. The van der Waals surface area contributed by atoms with Crippen molar-refractivity contribution in [1.29, 1.82) is 0 Å². The van der Waals surface area contributed by atoms with Gasteiger partial charge in [-0.25, -0.2) is 4.98 Å². The number of carbonyl (C=O) groups excluding carboxylic acids is 2. The van der Waals surface area contributed by atoms with Crippen molar-refractivity contribution in [3.63, 3.8) is 0 Å². The third-order valence-electron chi connectivity index (χ3n) is 7.61. The summed E-state index contributed by atoms with van der Waals surface area (Å²) in [6.07, 6.45) is 4.97. The number of aliphatic hydroxyl groups is 1. The van der Waals surface area contributed by atoms with Crippen molar-refractivity contribution >= 4 is 34.0 Å². The summed E-state index contributed by atoms with van der Waals surface area (Å²) in [6, 6.07) is 5.90. The van der Waals surface area contributed by atoms with Crippen LogP contribution in [0.1, 0.15) is 62.3 Å². The van der Waals surface area contributed by atoms with Crippen molar-refractivity contribution in [3.8, 4) is 0 Å². The maximum Gasteiger partial charge on any atom is 0.312 e. The van der Waals surface area contributed by atoms with Crippen LogP contribution < -0.4 is 4.90 Å². The first-order valence-electron chi connectivity index (χ1n) is 11.4. The molecule has 6 rings (SSSR count). The van der Waals surface area contributed by atoms with Crippen LogP contribution in [0, 0.1) is 31.1 Å². The van der Waals surface area contributed by atoms with Crippen LogP contribution >= 0.6 is 11.3 Å². The van der Waals surface area contributed by atoms with Crippen molar-refractivity contribution < 1.29 is 19.4 Å². The number of hydrogen-bond acceptors (Lipinski definition) is 6. The Hall–Kier alpha value is -2.25. The van der Waals surface area contributed by atoms with Gasteiger partial charge in [0.2, 0.25) is 5.91 Å². The summed E-state index contributed by atoms with van der Waals surface area (Å²) in [6.45, 7) is 5.66. The highest BCUT2D eigenvalue weighted by Crippen LogP contribution is 2.62. The first-order chi connectivity index (χ1) is 15.2. The Balaban J connectivity index is 1.29. The van der Waals surface area contributed by atoms with Crippen LogP contribution in [0.5, 0.6) is 0 Å². The molecule has 32 heavy (non-hydrogen) atoms. The minimum Gasteiger partial charge on any atom is -0.459 e. The highest BCUT2D eigenvalue weighted by atomic mass is 32.1. The number of carbonyl (C=O) groups is 2. The Morgan fingerprint density at radius 1 is 1.19 bits per heavy atom. The fraction of sp³-hybridized carbons (Fsp3) is 0.560. The normalized spacial score (nSPS) is 30.4. The van der Waals surface area contributed by atoms with E-state index >= 15 is 0 Å². The fourth-order valence-corrected chi connectivity index (χ4v) is 7.37. The topological polar surface area (TPSA) is 79.7 Å². The lowest BCUT2D eigenvalue weighted by Gasteiger charge is -2.58. The Morgan fingerprint density at radius 2 is 1.91 bits per heavy atom. The molecular weight excluding hydrogens is 424 g/mol. The molecule has 2 aromatic rings. The van der Waals surface area contributed by atoms with Crippen LogP contribution in [-0.2, 0) is 20.9 Å².